The summed E-state index contributed by atoms with van der Waals surface area (Å²) in [7, 11) is 0. The molecule has 3 aliphatic rings. The molecule has 8 nitrogen and oxygen atoms in total. The maximum Gasteiger partial charge on any atom is 0.325 e. The van der Waals surface area contributed by atoms with E-state index in [0.717, 1.165) is 44.8 Å². The summed E-state index contributed by atoms with van der Waals surface area (Å²) in [5.74, 6) is 0.960. The van der Waals surface area contributed by atoms with E-state index in [1.54, 1.807) is 0 Å². The normalized spacial score (nSPS) is 23.9. The van der Waals surface area contributed by atoms with Gasteiger partial charge in [0.1, 0.15) is 44.4 Å². The molecule has 0 bridgehead atoms. The minimum absolute atomic E-state index is 0.0894. The molecule has 4 N–H and O–H groups in total. The summed E-state index contributed by atoms with van der Waals surface area (Å²) in [5.41, 5.74) is -0.693. The lowest BCUT2D eigenvalue weighted by Crippen LogP contribution is -3.16. The number of urea groups is 1. The van der Waals surface area contributed by atoms with Gasteiger partial charge in [0.25, 0.3) is 11.7 Å². The van der Waals surface area contributed by atoms with Crippen LogP contribution in [0.25, 0.3) is 0 Å². The molecule has 3 heterocycles. The summed E-state index contributed by atoms with van der Waals surface area (Å²) >= 11 is 0. The maximum atomic E-state index is 12.7. The fourth-order valence-corrected chi connectivity index (χ4v) is 4.62. The topological polar surface area (TPSA) is 91.5 Å². The second-order valence-electron chi connectivity index (χ2n) is 7.98. The van der Waals surface area contributed by atoms with Crippen molar-refractivity contribution in [1.29, 1.82) is 0 Å². The summed E-state index contributed by atoms with van der Waals surface area (Å²) in [6.45, 7) is 4.31. The molecule has 2 aliphatic heterocycles. The quantitative estimate of drug-likeness (QED) is 0.543. The van der Waals surface area contributed by atoms with Crippen molar-refractivity contribution >= 4 is 17.8 Å². The van der Waals surface area contributed by atoms with Crippen molar-refractivity contribution in [2.45, 2.75) is 37.3 Å². The molecule has 0 aromatic carbocycles. The third-order valence-electron chi connectivity index (χ3n) is 6.12. The van der Waals surface area contributed by atoms with E-state index in [4.69, 9.17) is 0 Å². The maximum absolute atomic E-state index is 12.7. The number of carbonyl (C=O) groups is 2. The Balaban J connectivity index is 1.27. The van der Waals surface area contributed by atoms with E-state index in [1.165, 1.54) is 9.80 Å². The van der Waals surface area contributed by atoms with Crippen molar-refractivity contribution in [1.82, 2.24) is 10.2 Å². The van der Waals surface area contributed by atoms with Gasteiger partial charge in [-0.2, -0.15) is 0 Å². The van der Waals surface area contributed by atoms with Crippen molar-refractivity contribution in [3.63, 3.8) is 0 Å². The number of nitrogens with zero attached hydrogens (tertiary/aromatic N) is 2. The van der Waals surface area contributed by atoms with Gasteiger partial charge in [-0.3, -0.25) is 14.6 Å². The van der Waals surface area contributed by atoms with Crippen molar-refractivity contribution in [2.75, 3.05) is 44.2 Å². The molecular weight excluding hydrogens is 346 g/mol. The minimum Gasteiger partial charge on any atom is -0.385 e. The number of nitrogens with one attached hydrogen (secondary N) is 3. The second kappa shape index (κ2) is 7.44. The number of aromatic amines is 1. The molecule has 0 unspecified atom stereocenters. The lowest BCUT2D eigenvalue weighted by Gasteiger charge is -2.30. The molecular formula is C19H29N5O3+2. The van der Waals surface area contributed by atoms with Gasteiger partial charge in [0, 0.05) is 6.07 Å². The zero-order valence-electron chi connectivity index (χ0n) is 15.6. The van der Waals surface area contributed by atoms with Gasteiger partial charge in [0.05, 0.1) is 12.7 Å². The van der Waals surface area contributed by atoms with Crippen molar-refractivity contribution in [3.8, 4) is 0 Å². The zero-order chi connectivity index (χ0) is 18.9. The average molecular weight is 375 g/mol. The number of imide groups is 1. The van der Waals surface area contributed by atoms with Gasteiger partial charge in [0.15, 0.2) is 0 Å². The number of amides is 3. The van der Waals surface area contributed by atoms with Crippen LogP contribution in [0.15, 0.2) is 24.4 Å². The van der Waals surface area contributed by atoms with Gasteiger partial charge in [-0.25, -0.2) is 9.78 Å². The molecule has 1 aromatic heterocycles. The van der Waals surface area contributed by atoms with Crippen LogP contribution in [0.1, 0.15) is 25.7 Å². The number of anilines is 1. The Hall–Kier alpha value is -2.19. The lowest BCUT2D eigenvalue weighted by atomic mass is 9.98. The van der Waals surface area contributed by atoms with E-state index in [2.05, 4.69) is 21.3 Å². The Morgan fingerprint density at radius 3 is 2.63 bits per heavy atom. The Morgan fingerprint density at radius 2 is 1.96 bits per heavy atom. The number of H-pyrrole nitrogens is 1. The smallest absolute Gasteiger partial charge is 0.325 e. The van der Waals surface area contributed by atoms with Gasteiger partial charge in [-0.15, -0.1) is 0 Å². The first-order valence-electron chi connectivity index (χ1n) is 9.95. The van der Waals surface area contributed by atoms with Crippen LogP contribution < -0.4 is 20.1 Å². The highest BCUT2D eigenvalue weighted by molar-refractivity contribution is 6.07. The van der Waals surface area contributed by atoms with Gasteiger partial charge in [-0.05, 0) is 18.9 Å². The van der Waals surface area contributed by atoms with Crippen LogP contribution in [0.2, 0.25) is 0 Å². The first-order valence-corrected chi connectivity index (χ1v) is 9.95. The summed E-state index contributed by atoms with van der Waals surface area (Å²) < 4.78 is 0. The monoisotopic (exact) mass is 375 g/mol. The van der Waals surface area contributed by atoms with E-state index in [9.17, 15) is 14.7 Å². The summed E-state index contributed by atoms with van der Waals surface area (Å²) in [6.07, 6.45) is 4.60. The van der Waals surface area contributed by atoms with Crippen LogP contribution in [0, 0.1) is 0 Å². The highest BCUT2D eigenvalue weighted by atomic mass is 16.3. The van der Waals surface area contributed by atoms with E-state index in [0.29, 0.717) is 19.4 Å². The molecule has 8 heteroatoms. The van der Waals surface area contributed by atoms with Crippen molar-refractivity contribution in [3.05, 3.63) is 24.4 Å². The Bertz CT molecular complexity index is 684. The standard InChI is InChI=1S/C19H27N5O3/c25-15(14-24-17(26)19(21-18(24)27)6-2-3-7-19)13-22-9-11-23(12-10-22)16-5-1-4-8-20-16/h1,4-5,8,15,25H,2-3,6-7,9-14H2,(H,21,27)/p+2/t15-/m1/s1. The van der Waals surface area contributed by atoms with Crippen LogP contribution in [0.3, 0.4) is 0 Å². The predicted octanol–water partition coefficient (Wildman–Crippen LogP) is -1.57. The Kier molecular flexibility index (Phi) is 5.01. The average Bonchev–Trinajstić information content (AvgIpc) is 3.24. The van der Waals surface area contributed by atoms with E-state index in [-0.39, 0.29) is 18.5 Å². The third kappa shape index (κ3) is 3.64. The van der Waals surface area contributed by atoms with Crippen LogP contribution in [0.5, 0.6) is 0 Å². The number of aromatic nitrogens is 1. The molecule has 1 aliphatic carbocycles. The molecule has 1 saturated carbocycles. The Labute approximate surface area is 159 Å². The predicted molar refractivity (Wildman–Crippen MR) is 98.2 cm³/mol. The molecule has 3 fully saturated rings. The van der Waals surface area contributed by atoms with Gasteiger partial charge >= 0.3 is 6.03 Å². The van der Waals surface area contributed by atoms with Gasteiger partial charge in [0.2, 0.25) is 0 Å². The summed E-state index contributed by atoms with van der Waals surface area (Å²) in [5, 5.41) is 13.4. The number of quaternary nitrogens is 1. The third-order valence-corrected chi connectivity index (χ3v) is 6.12. The Morgan fingerprint density at radius 1 is 1.22 bits per heavy atom. The number of piperazine rings is 1. The first kappa shape index (κ1) is 18.2. The molecule has 146 valence electrons. The minimum atomic E-state index is -0.693. The number of rotatable bonds is 5. The summed E-state index contributed by atoms with van der Waals surface area (Å²) in [4.78, 5) is 33.0. The first-order chi connectivity index (χ1) is 13.1. The molecule has 27 heavy (non-hydrogen) atoms. The summed E-state index contributed by atoms with van der Waals surface area (Å²) in [6, 6.07) is 5.70. The highest BCUT2D eigenvalue weighted by Crippen LogP contribution is 2.34. The number of aliphatic hydroxyl groups excluding tert-OH is 1. The molecule has 4 rings (SSSR count). The lowest BCUT2D eigenvalue weighted by molar-refractivity contribution is -0.903. The number of pyridine rings is 1. The molecule has 1 spiro atoms. The van der Waals surface area contributed by atoms with Crippen LogP contribution >= 0.6 is 0 Å². The van der Waals surface area contributed by atoms with Crippen LogP contribution in [-0.4, -0.2) is 72.9 Å². The second-order valence-corrected chi connectivity index (χ2v) is 7.98. The molecule has 1 atom stereocenters. The van der Waals surface area contributed by atoms with E-state index in [1.807, 2.05) is 18.3 Å². The van der Waals surface area contributed by atoms with Crippen LogP contribution in [-0.2, 0) is 4.79 Å². The number of aliphatic hydroxyl groups is 1. The number of hydrogen-bond acceptors (Lipinski definition) is 4. The van der Waals surface area contributed by atoms with Gasteiger partial charge < -0.3 is 15.3 Å². The largest absolute Gasteiger partial charge is 0.385 e. The molecule has 2 saturated heterocycles. The van der Waals surface area contributed by atoms with Crippen molar-refractivity contribution in [2.24, 2.45) is 0 Å². The number of carbonyl (C=O) groups excluding carboxylic acids is 2. The number of β-amino-alcohol motifs (C(OH)–C–C–N with tert-alkyl or cyclic N) is 1. The fraction of sp³-hybridized carbons (Fsp3) is 0.632. The van der Waals surface area contributed by atoms with Crippen LogP contribution in [0.4, 0.5) is 10.6 Å². The highest BCUT2D eigenvalue weighted by Gasteiger charge is 2.52. The molecule has 1 aromatic rings. The van der Waals surface area contributed by atoms with Gasteiger partial charge in [-0.1, -0.05) is 18.9 Å². The van der Waals surface area contributed by atoms with Crippen molar-refractivity contribution < 1.29 is 24.6 Å². The zero-order valence-corrected chi connectivity index (χ0v) is 15.6. The molecule has 3 amide bonds. The fourth-order valence-electron chi connectivity index (χ4n) is 4.62. The number of hydrogen-bond donors (Lipinski definition) is 3. The van der Waals surface area contributed by atoms with E-state index < -0.39 is 11.6 Å². The SMILES string of the molecule is O=C1NC2(CCCC2)C(=O)N1C[C@H](O)C[NH+]1CCN(c2cccc[nH+]2)CC1. The van der Waals surface area contributed by atoms with E-state index >= 15 is 0 Å². The molecule has 0 radical (unpaired) electrons.